The number of carbonyl (C=O) groups excluding carboxylic acids is 4. The molecule has 0 heterocycles. The molecule has 0 aromatic rings. The van der Waals surface area contributed by atoms with Crippen molar-refractivity contribution in [3.8, 4) is 0 Å². The SMILES string of the molecule is CC(O)C(NC(=O)C(CCC(N)=O)NC(=O)C(N)CO)C(=O)NC(CCCN=C(N)N)C(=O)O. The number of aliphatic imine (C=N–C) groups is 1. The zero-order chi connectivity index (χ0) is 26.4. The van der Waals surface area contributed by atoms with Gasteiger partial charge in [-0.15, -0.1) is 0 Å². The van der Waals surface area contributed by atoms with E-state index >= 15 is 0 Å². The third-order valence-corrected chi connectivity index (χ3v) is 4.47. The van der Waals surface area contributed by atoms with Crippen LogP contribution in [0.2, 0.25) is 0 Å². The average molecular weight is 491 g/mol. The summed E-state index contributed by atoms with van der Waals surface area (Å²) in [6.45, 7) is 0.585. The first-order chi connectivity index (χ1) is 15.8. The Morgan fingerprint density at radius 1 is 0.912 bits per heavy atom. The number of carboxylic acid groups (broad SMARTS) is 1. The molecule has 14 N–H and O–H groups in total. The number of nitrogens with one attached hydrogen (secondary N) is 3. The minimum Gasteiger partial charge on any atom is -0.480 e. The van der Waals surface area contributed by atoms with Gasteiger partial charge in [-0.1, -0.05) is 0 Å². The fourth-order valence-corrected chi connectivity index (χ4v) is 2.60. The summed E-state index contributed by atoms with van der Waals surface area (Å²) in [5, 5.41) is 35.0. The standard InChI is InChI=1S/C18H34N8O8/c1-8(28)13(16(32)25-11(17(33)34)3-2-6-23-18(21)22)26-15(31)10(4-5-12(20)29)24-14(30)9(19)7-27/h8-11,13,27-28H,2-7,19H2,1H3,(H2,20,29)(H,24,30)(H,25,32)(H,26,31)(H,33,34)(H4,21,22,23). The Bertz CT molecular complexity index is 756. The van der Waals surface area contributed by atoms with Gasteiger partial charge < -0.3 is 54.2 Å². The Labute approximate surface area is 195 Å². The number of aliphatic hydroxyl groups excluding tert-OH is 2. The lowest BCUT2D eigenvalue weighted by Crippen LogP contribution is -2.60. The monoisotopic (exact) mass is 490 g/mol. The molecule has 5 atom stereocenters. The van der Waals surface area contributed by atoms with Crippen LogP contribution in [-0.4, -0.2) is 94.3 Å². The summed E-state index contributed by atoms with van der Waals surface area (Å²) in [4.78, 5) is 63.5. The topological polar surface area (TPSA) is 299 Å². The van der Waals surface area contributed by atoms with Crippen LogP contribution in [0.1, 0.15) is 32.6 Å². The number of hydrogen-bond acceptors (Lipinski definition) is 9. The van der Waals surface area contributed by atoms with Crippen LogP contribution in [0.15, 0.2) is 4.99 Å². The summed E-state index contributed by atoms with van der Waals surface area (Å²) in [5.41, 5.74) is 20.9. The molecule has 0 fully saturated rings. The molecule has 0 aliphatic rings. The Morgan fingerprint density at radius 3 is 1.97 bits per heavy atom. The van der Waals surface area contributed by atoms with Crippen molar-refractivity contribution in [2.45, 2.75) is 62.9 Å². The minimum atomic E-state index is -1.61. The highest BCUT2D eigenvalue weighted by Crippen LogP contribution is 2.04. The average Bonchev–Trinajstić information content (AvgIpc) is 2.74. The number of primary amides is 1. The van der Waals surface area contributed by atoms with Crippen LogP contribution in [0.25, 0.3) is 0 Å². The predicted octanol–water partition coefficient (Wildman–Crippen LogP) is -5.46. The van der Waals surface area contributed by atoms with Crippen molar-refractivity contribution in [1.29, 1.82) is 0 Å². The van der Waals surface area contributed by atoms with Crippen LogP contribution in [0.5, 0.6) is 0 Å². The van der Waals surface area contributed by atoms with Crippen molar-refractivity contribution in [3.63, 3.8) is 0 Å². The number of carbonyl (C=O) groups is 5. The number of nitrogens with zero attached hydrogens (tertiary/aromatic N) is 1. The number of amides is 4. The summed E-state index contributed by atoms with van der Waals surface area (Å²) in [6, 6.07) is -5.71. The van der Waals surface area contributed by atoms with Gasteiger partial charge in [0.1, 0.15) is 24.2 Å². The fourth-order valence-electron chi connectivity index (χ4n) is 2.60. The molecule has 5 unspecified atom stereocenters. The normalized spacial score (nSPS) is 15.1. The van der Waals surface area contributed by atoms with E-state index in [1.165, 1.54) is 6.92 Å². The van der Waals surface area contributed by atoms with Gasteiger partial charge in [-0.2, -0.15) is 0 Å². The first-order valence-electron chi connectivity index (χ1n) is 10.3. The number of carboxylic acids is 1. The van der Waals surface area contributed by atoms with Gasteiger partial charge in [0.15, 0.2) is 5.96 Å². The van der Waals surface area contributed by atoms with Crippen LogP contribution in [-0.2, 0) is 24.0 Å². The summed E-state index contributed by atoms with van der Waals surface area (Å²) in [5.74, 6) is -5.20. The second kappa shape index (κ2) is 15.4. The summed E-state index contributed by atoms with van der Waals surface area (Å²) in [6.07, 6.45) is -1.87. The minimum absolute atomic E-state index is 0.0470. The molecular weight excluding hydrogens is 456 g/mol. The van der Waals surface area contributed by atoms with E-state index in [1.807, 2.05) is 0 Å². The Hall–Kier alpha value is -3.50. The summed E-state index contributed by atoms with van der Waals surface area (Å²) in [7, 11) is 0. The van der Waals surface area contributed by atoms with Crippen molar-refractivity contribution in [3.05, 3.63) is 0 Å². The molecule has 0 saturated carbocycles. The van der Waals surface area contributed by atoms with Crippen LogP contribution in [0, 0.1) is 0 Å². The van der Waals surface area contributed by atoms with Crippen LogP contribution >= 0.6 is 0 Å². The van der Waals surface area contributed by atoms with E-state index in [0.29, 0.717) is 0 Å². The van der Waals surface area contributed by atoms with Gasteiger partial charge in [0, 0.05) is 13.0 Å². The molecule has 0 saturated heterocycles. The Kier molecular flexibility index (Phi) is 13.8. The van der Waals surface area contributed by atoms with Crippen LogP contribution < -0.4 is 38.9 Å². The molecule has 0 aromatic heterocycles. The molecule has 0 radical (unpaired) electrons. The third kappa shape index (κ3) is 11.9. The molecule has 4 amide bonds. The number of hydrogen-bond donors (Lipinski definition) is 10. The number of rotatable bonds is 16. The maximum Gasteiger partial charge on any atom is 0.326 e. The zero-order valence-electron chi connectivity index (χ0n) is 18.8. The van der Waals surface area contributed by atoms with E-state index in [0.717, 1.165) is 0 Å². The highest BCUT2D eigenvalue weighted by molar-refractivity contribution is 5.94. The van der Waals surface area contributed by atoms with Gasteiger partial charge >= 0.3 is 5.97 Å². The highest BCUT2D eigenvalue weighted by atomic mass is 16.4. The third-order valence-electron chi connectivity index (χ3n) is 4.47. The predicted molar refractivity (Wildman–Crippen MR) is 119 cm³/mol. The van der Waals surface area contributed by atoms with Crippen LogP contribution in [0.4, 0.5) is 0 Å². The van der Waals surface area contributed by atoms with E-state index in [4.69, 9.17) is 28.0 Å². The Balaban J connectivity index is 5.37. The van der Waals surface area contributed by atoms with Crippen molar-refractivity contribution in [2.24, 2.45) is 27.9 Å². The smallest absolute Gasteiger partial charge is 0.326 e. The van der Waals surface area contributed by atoms with Gasteiger partial charge in [-0.3, -0.25) is 24.2 Å². The van der Waals surface area contributed by atoms with Crippen LogP contribution in [0.3, 0.4) is 0 Å². The van der Waals surface area contributed by atoms with Gasteiger partial charge in [0.25, 0.3) is 0 Å². The molecule has 0 bridgehead atoms. The van der Waals surface area contributed by atoms with E-state index < -0.39 is 66.5 Å². The molecule has 0 spiro atoms. The van der Waals surface area contributed by atoms with Gasteiger partial charge in [-0.05, 0) is 26.2 Å². The maximum absolute atomic E-state index is 12.7. The molecule has 0 aliphatic heterocycles. The lowest BCUT2D eigenvalue weighted by Gasteiger charge is -2.26. The second-order valence-corrected chi connectivity index (χ2v) is 7.43. The number of guanidine groups is 1. The lowest BCUT2D eigenvalue weighted by molar-refractivity contribution is -0.143. The van der Waals surface area contributed by atoms with Crippen molar-refractivity contribution in [2.75, 3.05) is 13.2 Å². The molecule has 16 heteroatoms. The van der Waals surface area contributed by atoms with Crippen molar-refractivity contribution >= 4 is 35.6 Å². The van der Waals surface area contributed by atoms with Crippen molar-refractivity contribution in [1.82, 2.24) is 16.0 Å². The second-order valence-electron chi connectivity index (χ2n) is 7.43. The van der Waals surface area contributed by atoms with E-state index in [2.05, 4.69) is 20.9 Å². The van der Waals surface area contributed by atoms with E-state index in [9.17, 15) is 34.2 Å². The van der Waals surface area contributed by atoms with Gasteiger partial charge in [-0.25, -0.2) is 4.79 Å². The molecule has 0 aliphatic carbocycles. The largest absolute Gasteiger partial charge is 0.480 e. The zero-order valence-corrected chi connectivity index (χ0v) is 18.8. The Morgan fingerprint density at radius 2 is 1.50 bits per heavy atom. The van der Waals surface area contributed by atoms with Gasteiger partial charge in [0.2, 0.25) is 23.6 Å². The number of aliphatic carboxylic acids is 1. The number of aliphatic hydroxyl groups is 2. The molecule has 34 heavy (non-hydrogen) atoms. The number of nitrogens with two attached hydrogens (primary N) is 4. The summed E-state index contributed by atoms with van der Waals surface area (Å²) >= 11 is 0. The first kappa shape index (κ1) is 30.5. The maximum atomic E-state index is 12.7. The lowest BCUT2D eigenvalue weighted by atomic mass is 10.1. The molecule has 194 valence electrons. The molecular formula is C18H34N8O8. The quantitative estimate of drug-likeness (QED) is 0.0552. The summed E-state index contributed by atoms with van der Waals surface area (Å²) < 4.78 is 0. The van der Waals surface area contributed by atoms with E-state index in [1.54, 1.807) is 0 Å². The van der Waals surface area contributed by atoms with E-state index in [-0.39, 0.29) is 38.2 Å². The molecule has 16 nitrogen and oxygen atoms in total. The first-order valence-corrected chi connectivity index (χ1v) is 10.3. The molecule has 0 rings (SSSR count). The highest BCUT2D eigenvalue weighted by Gasteiger charge is 2.32. The van der Waals surface area contributed by atoms with Crippen molar-refractivity contribution < 1.29 is 39.3 Å². The fraction of sp³-hybridized carbons (Fsp3) is 0.667. The van der Waals surface area contributed by atoms with Gasteiger partial charge in [0.05, 0.1) is 12.7 Å². The molecule has 0 aromatic carbocycles.